The van der Waals surface area contributed by atoms with Crippen molar-refractivity contribution in [2.24, 2.45) is 0 Å². The lowest BCUT2D eigenvalue weighted by atomic mass is 10.0. The highest BCUT2D eigenvalue weighted by molar-refractivity contribution is 6.24. The van der Waals surface area contributed by atoms with Gasteiger partial charge in [-0.25, -0.2) is 31.5 Å². The molecule has 0 amide bonds. The largest absolute Gasteiger partial charge is 0.502 e. The quantitative estimate of drug-likeness (QED) is 0.0122. The Balaban J connectivity index is 0.000000171. The fourth-order valence-electron chi connectivity index (χ4n) is 8.21. The summed E-state index contributed by atoms with van der Waals surface area (Å²) < 4.78 is 98.8. The van der Waals surface area contributed by atoms with Crippen molar-refractivity contribution in [3.63, 3.8) is 0 Å². The van der Waals surface area contributed by atoms with Crippen molar-refractivity contribution in [1.82, 2.24) is 9.30 Å². The summed E-state index contributed by atoms with van der Waals surface area (Å²) in [4.78, 5) is 85.6. The van der Waals surface area contributed by atoms with Crippen LogP contribution in [0.25, 0.3) is 60.3 Å². The number of carbonyl (C=O) groups is 4. The molecule has 0 spiro atoms. The molecule has 21 heteroatoms. The summed E-state index contributed by atoms with van der Waals surface area (Å²) in [6, 6.07) is 20.5. The topological polar surface area (TPSA) is 205 Å². The molecule has 1 aliphatic rings. The van der Waals surface area contributed by atoms with Crippen molar-refractivity contribution in [2.45, 2.75) is 21.3 Å². The summed E-state index contributed by atoms with van der Waals surface area (Å²) in [7, 11) is 2.93. The first kappa shape index (κ1) is 52.4. The first-order valence-electron chi connectivity index (χ1n) is 21.5. The molecule has 2 heterocycles. The Kier molecular flexibility index (Phi) is 14.4. The van der Waals surface area contributed by atoms with E-state index in [0.717, 1.165) is 23.7 Å². The van der Waals surface area contributed by atoms with Crippen LogP contribution in [0.4, 0.5) is 32.0 Å². The summed E-state index contributed by atoms with van der Waals surface area (Å²) >= 11 is 0. The third-order valence-electron chi connectivity index (χ3n) is 11.4. The number of nitrogens with zero attached hydrogens (tertiary/aromatic N) is 3. The zero-order valence-corrected chi connectivity index (χ0v) is 38.2. The van der Waals surface area contributed by atoms with Gasteiger partial charge in [0.05, 0.1) is 34.6 Å². The number of rotatable bonds is 8. The summed E-state index contributed by atoms with van der Waals surface area (Å²) in [5, 5.41) is 22.3. The van der Waals surface area contributed by atoms with Crippen molar-refractivity contribution in [3.05, 3.63) is 191 Å². The number of nitro benzene ring substituents is 1. The number of ketones is 2. The van der Waals surface area contributed by atoms with E-state index in [2.05, 4.69) is 4.74 Å². The summed E-state index contributed by atoms with van der Waals surface area (Å²) in [5.74, 6) is -14.4. The number of pyridine rings is 1. The number of halogens is 6. The minimum atomic E-state index is -2.13. The minimum absolute atomic E-state index is 0. The highest BCUT2D eigenvalue weighted by Gasteiger charge is 2.32. The number of aromatic hydroxyl groups is 1. The van der Waals surface area contributed by atoms with Gasteiger partial charge in [-0.3, -0.25) is 29.3 Å². The fraction of sp³-hybridized carbons (Fsp3) is 0.132. The predicted octanol–water partition coefficient (Wildman–Crippen LogP) is 10.3. The number of carbonyl (C=O) groups excluding carboxylic acids is 4. The van der Waals surface area contributed by atoms with Crippen molar-refractivity contribution < 1.29 is 69.4 Å². The Morgan fingerprint density at radius 2 is 1.34 bits per heavy atom. The van der Waals surface area contributed by atoms with Crippen LogP contribution in [0.5, 0.6) is 5.75 Å². The Labute approximate surface area is 412 Å². The number of hydrogen-bond acceptors (Lipinski definition) is 13. The molecule has 10 rings (SSSR count). The van der Waals surface area contributed by atoms with Crippen LogP contribution in [-0.2, 0) is 14.3 Å². The van der Waals surface area contributed by atoms with Crippen LogP contribution in [0.1, 0.15) is 57.9 Å². The standard InChI is InChI=1S/C25H13F2NO5.C14H13F4NO3.C13H7NO4.CH4/c1-2-32-25(31)16-10-28-18-8-13-11-5-3-4-6-12(11)22(29)14(13)9-19(18)33-24-20(27)17(26)7-15(21(24)28)23(16)30;1-4-22-14(21)8(6-19(2)3)13(20)7-5-9(15)11(17)12(18)10(7)16;15-12-6-10-9(5-11(12)14(17)18)7-3-1-2-4-8(7)13(10)16;/h3-10H,2H2,1H3;5-6H,4H2,1-3H3;1-6,15H;1H4/b;8-6-;;. The molecule has 0 saturated heterocycles. The molecule has 0 atom stereocenters. The maximum absolute atomic E-state index is 14.7. The van der Waals surface area contributed by atoms with E-state index in [-0.39, 0.29) is 60.0 Å². The molecule has 1 aliphatic carbocycles. The molecule has 9 aromatic rings. The van der Waals surface area contributed by atoms with Crippen LogP contribution >= 0.6 is 0 Å². The van der Waals surface area contributed by atoms with Crippen molar-refractivity contribution in [3.8, 4) is 16.9 Å². The van der Waals surface area contributed by atoms with Crippen LogP contribution in [0.15, 0.2) is 117 Å². The van der Waals surface area contributed by atoms with Gasteiger partial charge < -0.3 is 28.3 Å². The van der Waals surface area contributed by atoms with Gasteiger partial charge in [-0.05, 0) is 60.5 Å². The van der Waals surface area contributed by atoms with Gasteiger partial charge in [0.25, 0.3) is 0 Å². The SMILES string of the molecule is C.CCOC(=O)/C(=C\N(C)C)C(=O)c1cc(F)c(F)c(F)c1F.CCOC(=O)c1cn2c3cc4c(cc3oc3c(F)c(F)cc(c1=O)c32)c(=O)c1ccccc14.O=C1c2ccccc2-c2cc([N+](=O)[O-])c(O)cc21. The number of benzene rings is 6. The van der Waals surface area contributed by atoms with Gasteiger partial charge in [-0.2, -0.15) is 4.39 Å². The predicted molar refractivity (Wildman–Crippen MR) is 259 cm³/mol. The van der Waals surface area contributed by atoms with Crippen LogP contribution < -0.4 is 10.9 Å². The smallest absolute Gasteiger partial charge is 0.343 e. The monoisotopic (exact) mass is 1020 g/mol. The zero-order chi connectivity index (χ0) is 52.9. The van der Waals surface area contributed by atoms with E-state index >= 15 is 0 Å². The third kappa shape index (κ3) is 8.98. The van der Waals surface area contributed by atoms with Gasteiger partial charge in [0, 0.05) is 60.0 Å². The molecule has 7 aromatic carbocycles. The molecule has 0 bridgehead atoms. The maximum atomic E-state index is 14.7. The lowest BCUT2D eigenvalue weighted by molar-refractivity contribution is -0.385. The maximum Gasteiger partial charge on any atom is 0.343 e. The molecule has 0 radical (unpaired) electrons. The fourth-order valence-corrected chi connectivity index (χ4v) is 8.21. The van der Waals surface area contributed by atoms with Gasteiger partial charge in [-0.1, -0.05) is 56.0 Å². The zero-order valence-electron chi connectivity index (χ0n) is 38.2. The number of Topliss-reactive ketones (excluding diaryl/α,β-unsaturated/α-hetero) is 1. The lowest BCUT2D eigenvalue weighted by Gasteiger charge is -2.13. The minimum Gasteiger partial charge on any atom is -0.502 e. The number of esters is 2. The van der Waals surface area contributed by atoms with E-state index in [1.807, 2.05) is 6.07 Å². The van der Waals surface area contributed by atoms with Gasteiger partial charge in [0.15, 0.2) is 57.2 Å². The van der Waals surface area contributed by atoms with Gasteiger partial charge in [0.2, 0.25) is 17.0 Å². The Morgan fingerprint density at radius 1 is 0.703 bits per heavy atom. The Bertz CT molecular complexity index is 4020. The Morgan fingerprint density at radius 3 is 1.99 bits per heavy atom. The van der Waals surface area contributed by atoms with Crippen molar-refractivity contribution in [2.75, 3.05) is 27.3 Å². The molecule has 1 N–H and O–H groups in total. The molecule has 15 nitrogen and oxygen atoms in total. The second-order valence-electron chi connectivity index (χ2n) is 16.1. The van der Waals surface area contributed by atoms with E-state index in [9.17, 15) is 70.3 Å². The number of phenolic OH excluding ortho intramolecular Hbond substituents is 1. The highest BCUT2D eigenvalue weighted by Crippen LogP contribution is 2.42. The van der Waals surface area contributed by atoms with E-state index in [4.69, 9.17) is 9.15 Å². The number of aromatic nitrogens is 1. The van der Waals surface area contributed by atoms with Crippen LogP contribution in [-0.4, -0.2) is 70.1 Å². The van der Waals surface area contributed by atoms with Gasteiger partial charge >= 0.3 is 17.6 Å². The van der Waals surface area contributed by atoms with E-state index in [1.54, 1.807) is 55.5 Å². The second kappa shape index (κ2) is 20.4. The van der Waals surface area contributed by atoms with Gasteiger partial charge in [-0.15, -0.1) is 0 Å². The third-order valence-corrected chi connectivity index (χ3v) is 11.4. The average Bonchev–Trinajstić information content (AvgIpc) is 3.80. The van der Waals surface area contributed by atoms with Crippen LogP contribution in [0.2, 0.25) is 0 Å². The summed E-state index contributed by atoms with van der Waals surface area (Å²) in [6.45, 7) is 3.04. The van der Waals surface area contributed by atoms with Crippen LogP contribution in [0, 0.1) is 45.0 Å². The number of phenols is 1. The molecule has 0 saturated carbocycles. The highest BCUT2D eigenvalue weighted by atomic mass is 19.2. The van der Waals surface area contributed by atoms with E-state index in [1.165, 1.54) is 48.6 Å². The lowest BCUT2D eigenvalue weighted by Crippen LogP contribution is -2.21. The summed E-state index contributed by atoms with van der Waals surface area (Å²) in [5.41, 5.74) is -1.54. The normalized spacial score (nSPS) is 11.6. The molecular weight excluding hydrogens is 985 g/mol. The average molecular weight is 1020 g/mol. The van der Waals surface area contributed by atoms with Crippen molar-refractivity contribution in [1.29, 1.82) is 0 Å². The summed E-state index contributed by atoms with van der Waals surface area (Å²) in [6.07, 6.45) is 2.25. The number of ether oxygens (including phenoxy) is 2. The molecule has 74 heavy (non-hydrogen) atoms. The first-order valence-corrected chi connectivity index (χ1v) is 21.5. The molecule has 2 aromatic heterocycles. The first-order chi connectivity index (χ1) is 34.7. The van der Waals surface area contributed by atoms with Gasteiger partial charge in [0.1, 0.15) is 16.7 Å². The van der Waals surface area contributed by atoms with Crippen LogP contribution in [0.3, 0.4) is 0 Å². The molecular formula is C53H37F6N3O12. The molecule has 0 aliphatic heterocycles. The molecule has 0 fully saturated rings. The van der Waals surface area contributed by atoms with Crippen molar-refractivity contribution >= 4 is 78.3 Å². The number of fused-ring (bicyclic) bond motifs is 8. The van der Waals surface area contributed by atoms with E-state index < -0.39 is 91.1 Å². The van der Waals surface area contributed by atoms with E-state index in [0.29, 0.717) is 43.9 Å². The molecule has 378 valence electrons. The molecule has 0 unspecified atom stereocenters. The Hall–Kier alpha value is -9.40. The second-order valence-corrected chi connectivity index (χ2v) is 16.1. The number of nitro groups is 1. The number of hydrogen-bond donors (Lipinski definition) is 1.